The fourth-order valence-corrected chi connectivity index (χ4v) is 6.02. The lowest BCUT2D eigenvalue weighted by molar-refractivity contribution is 0.102. The molecule has 0 radical (unpaired) electrons. The summed E-state index contributed by atoms with van der Waals surface area (Å²) in [4.78, 5) is 17.6. The fourth-order valence-electron chi connectivity index (χ4n) is 2.64. The molecular weight excluding hydrogens is 400 g/mol. The van der Waals surface area contributed by atoms with E-state index in [2.05, 4.69) is 4.98 Å². The van der Waals surface area contributed by atoms with E-state index in [1.54, 1.807) is 60.7 Å². The molecule has 0 N–H and O–H groups in total. The van der Waals surface area contributed by atoms with Crippen molar-refractivity contribution in [3.05, 3.63) is 77.0 Å². The Labute approximate surface area is 164 Å². The summed E-state index contributed by atoms with van der Waals surface area (Å²) in [6.45, 7) is 0. The van der Waals surface area contributed by atoms with Crippen LogP contribution in [0.15, 0.2) is 82.2 Å². The zero-order valence-electron chi connectivity index (χ0n) is 14.0. The fraction of sp³-hybridized carbons (Fsp3) is 0.0526. The summed E-state index contributed by atoms with van der Waals surface area (Å²) >= 11 is 2.50. The maximum absolute atomic E-state index is 13.2. The molecule has 4 rings (SSSR count). The average Bonchev–Trinajstić information content (AvgIpc) is 3.34. The molecular formula is C19H14N2O3S3. The average molecular weight is 415 g/mol. The number of Topliss-reactive ketones (excluding diaryl/α,β-unsaturated/α-hetero) is 1. The van der Waals surface area contributed by atoms with Gasteiger partial charge in [0.2, 0.25) is 0 Å². The minimum atomic E-state index is -3.83. The normalized spacial score (nSPS) is 11.7. The van der Waals surface area contributed by atoms with E-state index in [1.165, 1.54) is 15.3 Å². The minimum absolute atomic E-state index is 0.0503. The van der Waals surface area contributed by atoms with Crippen molar-refractivity contribution in [3.8, 4) is 0 Å². The smallest absolute Gasteiger partial charge is 0.270 e. The molecule has 2 aromatic heterocycles. The molecule has 0 fully saturated rings. The lowest BCUT2D eigenvalue weighted by atomic mass is 10.3. The number of para-hydroxylation sites is 2. The van der Waals surface area contributed by atoms with Crippen LogP contribution < -0.4 is 0 Å². The van der Waals surface area contributed by atoms with Crippen molar-refractivity contribution in [2.75, 3.05) is 5.75 Å². The quantitative estimate of drug-likeness (QED) is 0.347. The summed E-state index contributed by atoms with van der Waals surface area (Å²) in [6, 6.07) is 18.9. The Morgan fingerprint density at radius 3 is 2.48 bits per heavy atom. The maximum Gasteiger partial charge on any atom is 0.270 e. The van der Waals surface area contributed by atoms with Gasteiger partial charge in [0.25, 0.3) is 10.0 Å². The lowest BCUT2D eigenvalue weighted by Gasteiger charge is -2.10. The molecule has 0 spiro atoms. The number of ketones is 1. The first-order valence-electron chi connectivity index (χ1n) is 8.05. The van der Waals surface area contributed by atoms with Gasteiger partial charge in [0, 0.05) is 0 Å². The highest BCUT2D eigenvalue weighted by atomic mass is 32.2. The van der Waals surface area contributed by atoms with Crippen molar-refractivity contribution in [2.24, 2.45) is 0 Å². The van der Waals surface area contributed by atoms with Crippen LogP contribution >= 0.6 is 23.1 Å². The molecule has 8 heteroatoms. The van der Waals surface area contributed by atoms with E-state index in [1.807, 2.05) is 11.4 Å². The van der Waals surface area contributed by atoms with Crippen molar-refractivity contribution >= 4 is 49.9 Å². The minimum Gasteiger partial charge on any atom is -0.292 e. The van der Waals surface area contributed by atoms with Crippen molar-refractivity contribution in [3.63, 3.8) is 0 Å². The Balaban J connectivity index is 1.77. The van der Waals surface area contributed by atoms with Gasteiger partial charge in [0.15, 0.2) is 10.9 Å². The van der Waals surface area contributed by atoms with E-state index in [0.29, 0.717) is 15.9 Å². The molecule has 0 aliphatic rings. The number of hydrogen-bond acceptors (Lipinski definition) is 6. The third-order valence-electron chi connectivity index (χ3n) is 3.90. The Morgan fingerprint density at radius 2 is 1.74 bits per heavy atom. The largest absolute Gasteiger partial charge is 0.292 e. The summed E-state index contributed by atoms with van der Waals surface area (Å²) in [5.74, 6) is 0.0689. The van der Waals surface area contributed by atoms with Gasteiger partial charge in [-0.15, -0.1) is 11.3 Å². The highest BCUT2D eigenvalue weighted by Crippen LogP contribution is 2.29. The van der Waals surface area contributed by atoms with Crippen LogP contribution in [0.3, 0.4) is 0 Å². The first-order valence-corrected chi connectivity index (χ1v) is 11.4. The van der Waals surface area contributed by atoms with Gasteiger partial charge in [-0.05, 0) is 35.7 Å². The molecule has 0 atom stereocenters. The van der Waals surface area contributed by atoms with Crippen LogP contribution in [-0.4, -0.2) is 28.9 Å². The Hall–Kier alpha value is -2.42. The molecule has 0 bridgehead atoms. The number of fused-ring (bicyclic) bond motifs is 1. The van der Waals surface area contributed by atoms with Crippen molar-refractivity contribution < 1.29 is 13.2 Å². The lowest BCUT2D eigenvalue weighted by Crippen LogP contribution is -2.14. The molecule has 0 unspecified atom stereocenters. The number of thioether (sulfide) groups is 1. The van der Waals surface area contributed by atoms with Crippen LogP contribution in [0.1, 0.15) is 9.67 Å². The second-order valence-electron chi connectivity index (χ2n) is 5.65. The number of benzene rings is 2. The second-order valence-corrected chi connectivity index (χ2v) is 9.33. The molecule has 0 saturated carbocycles. The van der Waals surface area contributed by atoms with Crippen LogP contribution in [0.2, 0.25) is 0 Å². The van der Waals surface area contributed by atoms with Crippen LogP contribution in [0.5, 0.6) is 0 Å². The molecule has 2 heterocycles. The zero-order valence-corrected chi connectivity index (χ0v) is 16.4. The third kappa shape index (κ3) is 3.43. The van der Waals surface area contributed by atoms with Crippen molar-refractivity contribution in [1.82, 2.24) is 8.96 Å². The molecule has 27 heavy (non-hydrogen) atoms. The van der Waals surface area contributed by atoms with Gasteiger partial charge in [-0.25, -0.2) is 17.4 Å². The molecule has 0 aliphatic heterocycles. The van der Waals surface area contributed by atoms with E-state index in [9.17, 15) is 13.2 Å². The van der Waals surface area contributed by atoms with E-state index in [4.69, 9.17) is 0 Å². The van der Waals surface area contributed by atoms with Gasteiger partial charge in [-0.3, -0.25) is 4.79 Å². The number of thiophene rings is 1. The van der Waals surface area contributed by atoms with Crippen LogP contribution in [0.4, 0.5) is 0 Å². The number of aromatic nitrogens is 2. The summed E-state index contributed by atoms with van der Waals surface area (Å²) in [6.07, 6.45) is 0. The molecule has 4 aromatic rings. The Morgan fingerprint density at radius 1 is 1.00 bits per heavy atom. The monoisotopic (exact) mass is 414 g/mol. The molecule has 5 nitrogen and oxygen atoms in total. The highest BCUT2D eigenvalue weighted by Gasteiger charge is 2.25. The van der Waals surface area contributed by atoms with Gasteiger partial charge in [-0.2, -0.15) is 0 Å². The summed E-state index contributed by atoms with van der Waals surface area (Å²) < 4.78 is 27.7. The second kappa shape index (κ2) is 7.30. The topological polar surface area (TPSA) is 69.0 Å². The van der Waals surface area contributed by atoms with E-state index in [-0.39, 0.29) is 21.6 Å². The van der Waals surface area contributed by atoms with Crippen molar-refractivity contribution in [2.45, 2.75) is 10.1 Å². The van der Waals surface area contributed by atoms with E-state index >= 15 is 0 Å². The number of rotatable bonds is 6. The Kier molecular flexibility index (Phi) is 4.86. The molecule has 136 valence electrons. The first kappa shape index (κ1) is 18.0. The Bertz CT molecular complexity index is 1200. The van der Waals surface area contributed by atoms with E-state index < -0.39 is 10.0 Å². The standard InChI is InChI=1S/C19H14N2O3S3/c22-17(18-11-6-12-25-18)13-26-19-20-15-9-4-5-10-16(15)21(19)27(23,24)14-7-2-1-3-8-14/h1-12H,13H2. The third-order valence-corrected chi connectivity index (χ3v) is 7.58. The zero-order chi connectivity index (χ0) is 18.9. The van der Waals surface area contributed by atoms with Gasteiger partial charge in [0.05, 0.1) is 26.6 Å². The van der Waals surface area contributed by atoms with Crippen LogP contribution in [0.25, 0.3) is 11.0 Å². The number of nitrogens with zero attached hydrogens (tertiary/aromatic N) is 2. The highest BCUT2D eigenvalue weighted by molar-refractivity contribution is 8.00. The molecule has 2 aromatic carbocycles. The predicted octanol–water partition coefficient (Wildman–Crippen LogP) is 4.31. The van der Waals surface area contributed by atoms with Gasteiger partial charge >= 0.3 is 0 Å². The number of imidazole rings is 1. The summed E-state index contributed by atoms with van der Waals surface area (Å²) in [7, 11) is -3.83. The van der Waals surface area contributed by atoms with Gasteiger partial charge in [0.1, 0.15) is 0 Å². The summed E-state index contributed by atoms with van der Waals surface area (Å²) in [5.41, 5.74) is 1.07. The van der Waals surface area contributed by atoms with Gasteiger partial charge in [-0.1, -0.05) is 48.2 Å². The maximum atomic E-state index is 13.2. The predicted molar refractivity (Wildman–Crippen MR) is 108 cm³/mol. The number of hydrogen-bond donors (Lipinski definition) is 0. The first-order chi connectivity index (χ1) is 13.1. The van der Waals surface area contributed by atoms with E-state index in [0.717, 1.165) is 11.8 Å². The molecule has 0 amide bonds. The number of carbonyl (C=O) groups is 1. The van der Waals surface area contributed by atoms with Crippen LogP contribution in [0, 0.1) is 0 Å². The SMILES string of the molecule is O=C(CSc1nc2ccccc2n1S(=O)(=O)c1ccccc1)c1cccs1. The van der Waals surface area contributed by atoms with Crippen molar-refractivity contribution in [1.29, 1.82) is 0 Å². The number of carbonyl (C=O) groups excluding carboxylic acids is 1. The van der Waals surface area contributed by atoms with Crippen LogP contribution in [-0.2, 0) is 10.0 Å². The molecule has 0 saturated heterocycles. The summed E-state index contributed by atoms with van der Waals surface area (Å²) in [5, 5.41) is 2.12. The molecule has 0 aliphatic carbocycles. The van der Waals surface area contributed by atoms with Gasteiger partial charge < -0.3 is 0 Å².